The third-order valence-electron chi connectivity index (χ3n) is 2.68. The van der Waals surface area contributed by atoms with Crippen molar-refractivity contribution in [2.45, 2.75) is 18.9 Å². The molecule has 1 aromatic heterocycles. The van der Waals surface area contributed by atoms with Crippen LogP contribution in [-0.4, -0.2) is 22.3 Å². The maximum atomic E-state index is 10.5. The Morgan fingerprint density at radius 1 is 1.25 bits per heavy atom. The molecule has 3 nitrogen and oxygen atoms in total. The van der Waals surface area contributed by atoms with E-state index in [1.807, 2.05) is 41.1 Å². The molecule has 0 aliphatic carbocycles. The van der Waals surface area contributed by atoms with Gasteiger partial charge in [-0.1, -0.05) is 24.0 Å². The Bertz CT molecular complexity index is 635. The van der Waals surface area contributed by atoms with E-state index in [2.05, 4.69) is 11.8 Å². The van der Waals surface area contributed by atoms with Crippen molar-refractivity contribution in [3.8, 4) is 11.8 Å². The van der Waals surface area contributed by atoms with Gasteiger partial charge in [0, 0.05) is 16.5 Å². The van der Waals surface area contributed by atoms with Crippen molar-refractivity contribution in [2.75, 3.05) is 0 Å². The molecule has 20 heavy (non-hydrogen) atoms. The quantitative estimate of drug-likeness (QED) is 0.849. The van der Waals surface area contributed by atoms with Gasteiger partial charge in [-0.2, -0.15) is 11.3 Å². The molecule has 2 rings (SSSR count). The van der Waals surface area contributed by atoms with Crippen LogP contribution in [0.4, 0.5) is 0 Å². The SMILES string of the molecule is O=C(O)CC(O)Cc1cccc(C#Cc2ccsc2)c1. The highest BCUT2D eigenvalue weighted by atomic mass is 32.1. The zero-order valence-corrected chi connectivity index (χ0v) is 11.6. The fourth-order valence-corrected chi connectivity index (χ4v) is 2.39. The number of aliphatic carboxylic acids is 1. The highest BCUT2D eigenvalue weighted by Crippen LogP contribution is 2.10. The fourth-order valence-electron chi connectivity index (χ4n) is 1.80. The maximum absolute atomic E-state index is 10.5. The van der Waals surface area contributed by atoms with Crippen LogP contribution in [0.2, 0.25) is 0 Å². The Morgan fingerprint density at radius 2 is 2.05 bits per heavy atom. The summed E-state index contributed by atoms with van der Waals surface area (Å²) in [4.78, 5) is 10.5. The summed E-state index contributed by atoms with van der Waals surface area (Å²) >= 11 is 1.60. The summed E-state index contributed by atoms with van der Waals surface area (Å²) in [6.45, 7) is 0. The van der Waals surface area contributed by atoms with Gasteiger partial charge in [-0.25, -0.2) is 0 Å². The van der Waals surface area contributed by atoms with Gasteiger partial charge in [0.1, 0.15) is 0 Å². The lowest BCUT2D eigenvalue weighted by Gasteiger charge is -2.07. The van der Waals surface area contributed by atoms with Gasteiger partial charge in [-0.05, 0) is 35.6 Å². The Labute approximate surface area is 121 Å². The summed E-state index contributed by atoms with van der Waals surface area (Å²) in [5, 5.41) is 22.2. The number of aliphatic hydroxyl groups excluding tert-OH is 1. The van der Waals surface area contributed by atoms with Gasteiger partial charge in [-0.3, -0.25) is 4.79 Å². The summed E-state index contributed by atoms with van der Waals surface area (Å²) < 4.78 is 0. The van der Waals surface area contributed by atoms with Crippen LogP contribution in [-0.2, 0) is 11.2 Å². The second-order valence-electron chi connectivity index (χ2n) is 4.42. The molecule has 1 aromatic carbocycles. The van der Waals surface area contributed by atoms with E-state index in [-0.39, 0.29) is 6.42 Å². The highest BCUT2D eigenvalue weighted by molar-refractivity contribution is 7.08. The number of aliphatic hydroxyl groups is 1. The minimum absolute atomic E-state index is 0.245. The van der Waals surface area contributed by atoms with Gasteiger partial charge >= 0.3 is 5.97 Å². The predicted molar refractivity (Wildman–Crippen MR) is 78.7 cm³/mol. The van der Waals surface area contributed by atoms with Crippen molar-refractivity contribution >= 4 is 17.3 Å². The third-order valence-corrected chi connectivity index (χ3v) is 3.36. The Hall–Kier alpha value is -2.09. The molecule has 0 radical (unpaired) electrons. The molecule has 4 heteroatoms. The molecule has 0 saturated carbocycles. The standard InChI is InChI=1S/C16H14O3S/c17-15(10-16(18)19)9-14-3-1-2-12(8-14)4-5-13-6-7-20-11-13/h1-3,6-8,11,15,17H,9-10H2,(H,18,19). The number of hydrogen-bond acceptors (Lipinski definition) is 3. The van der Waals surface area contributed by atoms with E-state index in [1.54, 1.807) is 11.3 Å². The Morgan fingerprint density at radius 3 is 2.75 bits per heavy atom. The number of thiophene rings is 1. The Kier molecular flexibility index (Phi) is 4.94. The molecule has 0 amide bonds. The molecule has 102 valence electrons. The minimum atomic E-state index is -0.995. The van der Waals surface area contributed by atoms with Crippen LogP contribution in [0.5, 0.6) is 0 Å². The molecular formula is C16H14O3S. The van der Waals surface area contributed by atoms with Crippen molar-refractivity contribution in [3.05, 3.63) is 57.8 Å². The van der Waals surface area contributed by atoms with E-state index in [4.69, 9.17) is 5.11 Å². The summed E-state index contributed by atoms with van der Waals surface area (Å²) in [6, 6.07) is 9.45. The molecule has 2 aromatic rings. The van der Waals surface area contributed by atoms with Crippen molar-refractivity contribution in [1.29, 1.82) is 0 Å². The molecule has 1 heterocycles. The zero-order valence-electron chi connectivity index (χ0n) is 10.7. The van der Waals surface area contributed by atoms with E-state index < -0.39 is 12.1 Å². The van der Waals surface area contributed by atoms with Crippen molar-refractivity contribution < 1.29 is 15.0 Å². The highest BCUT2D eigenvalue weighted by Gasteiger charge is 2.10. The van der Waals surface area contributed by atoms with Gasteiger partial charge in [0.15, 0.2) is 0 Å². The molecule has 0 fully saturated rings. The van der Waals surface area contributed by atoms with Crippen LogP contribution in [0.15, 0.2) is 41.1 Å². The first kappa shape index (κ1) is 14.3. The average Bonchev–Trinajstić information content (AvgIpc) is 2.88. The van der Waals surface area contributed by atoms with Gasteiger partial charge in [0.2, 0.25) is 0 Å². The van der Waals surface area contributed by atoms with Gasteiger partial charge in [0.05, 0.1) is 12.5 Å². The molecule has 0 saturated heterocycles. The first-order valence-corrected chi connectivity index (χ1v) is 7.11. The number of rotatable bonds is 4. The second kappa shape index (κ2) is 6.90. The molecule has 0 bridgehead atoms. The summed E-state index contributed by atoms with van der Waals surface area (Å²) in [7, 11) is 0. The normalized spacial score (nSPS) is 11.4. The lowest BCUT2D eigenvalue weighted by molar-refractivity contribution is -0.139. The second-order valence-corrected chi connectivity index (χ2v) is 5.20. The topological polar surface area (TPSA) is 57.5 Å². The largest absolute Gasteiger partial charge is 0.481 e. The summed E-state index contributed by atoms with van der Waals surface area (Å²) in [5.41, 5.74) is 2.72. The number of benzene rings is 1. The van der Waals surface area contributed by atoms with E-state index in [1.165, 1.54) is 0 Å². The number of carboxylic acids is 1. The van der Waals surface area contributed by atoms with Crippen LogP contribution in [0.1, 0.15) is 23.1 Å². The van der Waals surface area contributed by atoms with Crippen LogP contribution in [0, 0.1) is 11.8 Å². The van der Waals surface area contributed by atoms with E-state index in [0.29, 0.717) is 6.42 Å². The summed E-state index contributed by atoms with van der Waals surface area (Å²) in [5.74, 6) is 5.12. The van der Waals surface area contributed by atoms with Gasteiger partial charge in [-0.15, -0.1) is 0 Å². The maximum Gasteiger partial charge on any atom is 0.305 e. The van der Waals surface area contributed by atoms with Crippen molar-refractivity contribution in [3.63, 3.8) is 0 Å². The van der Waals surface area contributed by atoms with Gasteiger partial charge < -0.3 is 10.2 Å². The molecule has 1 unspecified atom stereocenters. The van der Waals surface area contributed by atoms with E-state index in [0.717, 1.165) is 16.7 Å². The minimum Gasteiger partial charge on any atom is -0.481 e. The molecule has 0 aliphatic rings. The number of hydrogen-bond donors (Lipinski definition) is 2. The average molecular weight is 286 g/mol. The zero-order chi connectivity index (χ0) is 14.4. The van der Waals surface area contributed by atoms with Crippen LogP contribution >= 0.6 is 11.3 Å². The van der Waals surface area contributed by atoms with Crippen LogP contribution in [0.3, 0.4) is 0 Å². The molecule has 0 spiro atoms. The molecular weight excluding hydrogens is 272 g/mol. The third kappa shape index (κ3) is 4.54. The first-order chi connectivity index (χ1) is 9.63. The predicted octanol–water partition coefficient (Wildman–Crippen LogP) is 2.53. The van der Waals surface area contributed by atoms with Gasteiger partial charge in [0.25, 0.3) is 0 Å². The molecule has 1 atom stereocenters. The smallest absolute Gasteiger partial charge is 0.305 e. The fraction of sp³-hybridized carbons (Fsp3) is 0.188. The lowest BCUT2D eigenvalue weighted by Crippen LogP contribution is -2.15. The number of carboxylic acid groups (broad SMARTS) is 1. The van der Waals surface area contributed by atoms with E-state index in [9.17, 15) is 9.90 Å². The number of carbonyl (C=O) groups is 1. The van der Waals surface area contributed by atoms with Crippen molar-refractivity contribution in [2.24, 2.45) is 0 Å². The lowest BCUT2D eigenvalue weighted by atomic mass is 10.0. The van der Waals surface area contributed by atoms with Crippen LogP contribution in [0.25, 0.3) is 0 Å². The van der Waals surface area contributed by atoms with E-state index >= 15 is 0 Å². The first-order valence-electron chi connectivity index (χ1n) is 6.16. The monoisotopic (exact) mass is 286 g/mol. The molecule has 0 aliphatic heterocycles. The Balaban J connectivity index is 2.06. The van der Waals surface area contributed by atoms with Crippen LogP contribution < -0.4 is 0 Å². The van der Waals surface area contributed by atoms with Crippen molar-refractivity contribution in [1.82, 2.24) is 0 Å². The molecule has 2 N–H and O–H groups in total. The summed E-state index contributed by atoms with van der Waals surface area (Å²) in [6.07, 6.45) is -0.793.